The summed E-state index contributed by atoms with van der Waals surface area (Å²) in [5, 5.41) is 8.86. The van der Waals surface area contributed by atoms with E-state index in [1.54, 1.807) is 52.3 Å². The summed E-state index contributed by atoms with van der Waals surface area (Å²) in [5.74, 6) is -0.395. The fraction of sp³-hybridized carbons (Fsp3) is 0.211. The molecule has 2 aromatic rings. The van der Waals surface area contributed by atoms with Crippen LogP contribution >= 0.6 is 0 Å². The zero-order valence-corrected chi connectivity index (χ0v) is 13.8. The number of ether oxygens (including phenoxy) is 1. The molecular weight excluding hydrogens is 318 g/mol. The van der Waals surface area contributed by atoms with Crippen LogP contribution in [0.1, 0.15) is 21.5 Å². The zero-order valence-electron chi connectivity index (χ0n) is 13.8. The van der Waals surface area contributed by atoms with Gasteiger partial charge in [0.25, 0.3) is 0 Å². The molecule has 0 N–H and O–H groups in total. The number of carbonyl (C=O) groups is 2. The molecule has 2 amide bonds. The fourth-order valence-corrected chi connectivity index (χ4v) is 2.82. The predicted molar refractivity (Wildman–Crippen MR) is 92.1 cm³/mol. The number of hydrogen-bond donors (Lipinski definition) is 0. The quantitative estimate of drug-likeness (QED) is 0.805. The zero-order chi connectivity index (χ0) is 17.8. The Morgan fingerprint density at radius 1 is 1.20 bits per heavy atom. The number of esters is 1. The van der Waals surface area contributed by atoms with E-state index in [9.17, 15) is 9.59 Å². The molecule has 25 heavy (non-hydrogen) atoms. The highest BCUT2D eigenvalue weighted by molar-refractivity contribution is 5.94. The summed E-state index contributed by atoms with van der Waals surface area (Å²) in [4.78, 5) is 27.7. The summed E-state index contributed by atoms with van der Waals surface area (Å²) in [6.07, 6.45) is 0. The van der Waals surface area contributed by atoms with Gasteiger partial charge >= 0.3 is 12.0 Å². The average molecular weight is 335 g/mol. The van der Waals surface area contributed by atoms with E-state index in [-0.39, 0.29) is 6.03 Å². The molecule has 0 aromatic heterocycles. The number of anilines is 1. The highest BCUT2D eigenvalue weighted by Crippen LogP contribution is 2.22. The van der Waals surface area contributed by atoms with Gasteiger partial charge in [0.15, 0.2) is 0 Å². The molecule has 0 unspecified atom stereocenters. The van der Waals surface area contributed by atoms with Crippen LogP contribution in [0.5, 0.6) is 0 Å². The molecule has 0 spiro atoms. The summed E-state index contributed by atoms with van der Waals surface area (Å²) < 4.78 is 4.73. The molecule has 0 bridgehead atoms. The van der Waals surface area contributed by atoms with Gasteiger partial charge in [0, 0.05) is 25.3 Å². The molecule has 3 rings (SSSR count). The summed E-state index contributed by atoms with van der Waals surface area (Å²) >= 11 is 0. The van der Waals surface area contributed by atoms with Crippen molar-refractivity contribution in [3.8, 4) is 6.07 Å². The summed E-state index contributed by atoms with van der Waals surface area (Å²) in [5.41, 5.74) is 2.68. The van der Waals surface area contributed by atoms with Crippen molar-refractivity contribution in [1.29, 1.82) is 5.26 Å². The van der Waals surface area contributed by atoms with E-state index in [4.69, 9.17) is 10.00 Å². The second kappa shape index (κ2) is 7.05. The second-order valence-corrected chi connectivity index (χ2v) is 5.71. The number of amides is 2. The van der Waals surface area contributed by atoms with Gasteiger partial charge in [-0.3, -0.25) is 4.90 Å². The minimum atomic E-state index is -0.395. The van der Waals surface area contributed by atoms with Crippen LogP contribution in [0.25, 0.3) is 0 Å². The topological polar surface area (TPSA) is 73.6 Å². The van der Waals surface area contributed by atoms with E-state index in [0.29, 0.717) is 30.8 Å². The number of carbonyl (C=O) groups excluding carboxylic acids is 2. The second-order valence-electron chi connectivity index (χ2n) is 5.71. The Morgan fingerprint density at radius 3 is 2.64 bits per heavy atom. The van der Waals surface area contributed by atoms with Crippen molar-refractivity contribution in [2.75, 3.05) is 25.1 Å². The van der Waals surface area contributed by atoms with Gasteiger partial charge < -0.3 is 9.64 Å². The van der Waals surface area contributed by atoms with E-state index < -0.39 is 5.97 Å². The molecule has 1 fully saturated rings. The number of rotatable bonds is 4. The minimum absolute atomic E-state index is 0.0896. The third-order valence-corrected chi connectivity index (χ3v) is 4.12. The van der Waals surface area contributed by atoms with E-state index in [1.165, 1.54) is 7.11 Å². The Hall–Kier alpha value is -3.33. The molecule has 126 valence electrons. The molecule has 0 radical (unpaired) electrons. The number of benzene rings is 2. The maximum atomic E-state index is 12.6. The van der Waals surface area contributed by atoms with Crippen molar-refractivity contribution in [2.45, 2.75) is 6.54 Å². The number of hydrogen-bond acceptors (Lipinski definition) is 4. The molecule has 0 atom stereocenters. The number of urea groups is 1. The van der Waals surface area contributed by atoms with Gasteiger partial charge in [-0.25, -0.2) is 9.59 Å². The summed E-state index contributed by atoms with van der Waals surface area (Å²) in [6.45, 7) is 1.61. The first kappa shape index (κ1) is 16.5. The SMILES string of the molecule is COC(=O)c1cccc(CN2CCN(c3ccc(C#N)cc3)C2=O)c1. The van der Waals surface area contributed by atoms with Crippen molar-refractivity contribution in [2.24, 2.45) is 0 Å². The first-order valence-electron chi connectivity index (χ1n) is 7.86. The summed E-state index contributed by atoms with van der Waals surface area (Å²) in [7, 11) is 1.34. The Bertz CT molecular complexity index is 840. The Labute approximate surface area is 145 Å². The third-order valence-electron chi connectivity index (χ3n) is 4.12. The Kier molecular flexibility index (Phi) is 4.66. The largest absolute Gasteiger partial charge is 0.465 e. The number of methoxy groups -OCH3 is 1. The van der Waals surface area contributed by atoms with Crippen LogP contribution < -0.4 is 4.90 Å². The molecule has 1 aliphatic rings. The normalized spacial score (nSPS) is 13.7. The number of nitriles is 1. The maximum absolute atomic E-state index is 12.6. The molecule has 0 aliphatic carbocycles. The Morgan fingerprint density at radius 2 is 1.96 bits per heavy atom. The van der Waals surface area contributed by atoms with Gasteiger partial charge in [-0.05, 0) is 42.0 Å². The maximum Gasteiger partial charge on any atom is 0.337 e. The molecule has 0 saturated carbocycles. The van der Waals surface area contributed by atoms with E-state index in [1.807, 2.05) is 6.07 Å². The first-order valence-corrected chi connectivity index (χ1v) is 7.86. The van der Waals surface area contributed by atoms with Crippen LogP contribution in [-0.4, -0.2) is 37.1 Å². The van der Waals surface area contributed by atoms with Gasteiger partial charge in [0.05, 0.1) is 24.3 Å². The Balaban J connectivity index is 1.72. The first-order chi connectivity index (χ1) is 12.1. The lowest BCUT2D eigenvalue weighted by Crippen LogP contribution is -2.31. The smallest absolute Gasteiger partial charge is 0.337 e. The lowest BCUT2D eigenvalue weighted by atomic mass is 10.1. The van der Waals surface area contributed by atoms with Crippen molar-refractivity contribution in [3.05, 3.63) is 65.2 Å². The molecule has 6 nitrogen and oxygen atoms in total. The standard InChI is InChI=1S/C19H17N3O3/c1-25-18(23)16-4-2-3-15(11-16)13-21-9-10-22(19(21)24)17-7-5-14(12-20)6-8-17/h2-8,11H,9-10,13H2,1H3. The summed E-state index contributed by atoms with van der Waals surface area (Å²) in [6, 6.07) is 16.0. The van der Waals surface area contributed by atoms with Crippen LogP contribution in [0.4, 0.5) is 10.5 Å². The van der Waals surface area contributed by atoms with Crippen molar-refractivity contribution >= 4 is 17.7 Å². The molecule has 6 heteroatoms. The highest BCUT2D eigenvalue weighted by Gasteiger charge is 2.29. The van der Waals surface area contributed by atoms with Crippen LogP contribution in [0, 0.1) is 11.3 Å². The number of nitrogens with zero attached hydrogens (tertiary/aromatic N) is 3. The van der Waals surface area contributed by atoms with Gasteiger partial charge in [0.2, 0.25) is 0 Å². The minimum Gasteiger partial charge on any atom is -0.465 e. The fourth-order valence-electron chi connectivity index (χ4n) is 2.82. The molecular formula is C19H17N3O3. The lowest BCUT2D eigenvalue weighted by Gasteiger charge is -2.19. The van der Waals surface area contributed by atoms with Crippen LogP contribution in [0.2, 0.25) is 0 Å². The van der Waals surface area contributed by atoms with Gasteiger partial charge in [-0.1, -0.05) is 12.1 Å². The molecule has 1 heterocycles. The molecule has 2 aromatic carbocycles. The van der Waals surface area contributed by atoms with Crippen LogP contribution in [0.15, 0.2) is 48.5 Å². The van der Waals surface area contributed by atoms with Crippen LogP contribution in [-0.2, 0) is 11.3 Å². The van der Waals surface area contributed by atoms with Crippen LogP contribution in [0.3, 0.4) is 0 Å². The monoisotopic (exact) mass is 335 g/mol. The van der Waals surface area contributed by atoms with Gasteiger partial charge in [-0.15, -0.1) is 0 Å². The van der Waals surface area contributed by atoms with E-state index in [0.717, 1.165) is 11.3 Å². The van der Waals surface area contributed by atoms with Gasteiger partial charge in [-0.2, -0.15) is 5.26 Å². The van der Waals surface area contributed by atoms with Crippen molar-refractivity contribution in [3.63, 3.8) is 0 Å². The molecule has 1 saturated heterocycles. The van der Waals surface area contributed by atoms with E-state index in [2.05, 4.69) is 6.07 Å². The molecule has 1 aliphatic heterocycles. The van der Waals surface area contributed by atoms with Crippen molar-refractivity contribution in [1.82, 2.24) is 4.90 Å². The van der Waals surface area contributed by atoms with Gasteiger partial charge in [0.1, 0.15) is 0 Å². The lowest BCUT2D eigenvalue weighted by molar-refractivity contribution is 0.0600. The average Bonchev–Trinajstić information content (AvgIpc) is 3.02. The van der Waals surface area contributed by atoms with E-state index >= 15 is 0 Å². The highest BCUT2D eigenvalue weighted by atomic mass is 16.5. The predicted octanol–water partition coefficient (Wildman–Crippen LogP) is 2.79. The third kappa shape index (κ3) is 3.45. The van der Waals surface area contributed by atoms with Crippen molar-refractivity contribution < 1.29 is 14.3 Å².